The molecule has 5 nitrogen and oxygen atoms in total. The summed E-state index contributed by atoms with van der Waals surface area (Å²) in [7, 11) is -0.908. The number of benzene rings is 1. The first kappa shape index (κ1) is 13.2. The Kier molecular flexibility index (Phi) is 4.15. The van der Waals surface area contributed by atoms with Crippen LogP contribution in [-0.2, 0) is 16.6 Å². The molecule has 1 aromatic carbocycles. The van der Waals surface area contributed by atoms with Gasteiger partial charge in [-0.2, -0.15) is 0 Å². The summed E-state index contributed by atoms with van der Waals surface area (Å²) in [5, 5.41) is 0.301. The molecule has 0 saturated carbocycles. The first-order valence-corrected chi connectivity index (χ1v) is 6.32. The molecule has 0 fully saturated rings. The molecule has 1 rings (SSSR count). The largest absolute Gasteiger partial charge is 0.495 e. The number of sulfonamides is 1. The maximum Gasteiger partial charge on any atom is 0.244 e. The minimum atomic E-state index is -3.61. The minimum Gasteiger partial charge on any atom is -0.495 e. The van der Waals surface area contributed by atoms with Crippen LogP contribution in [0.2, 0.25) is 5.02 Å². The van der Waals surface area contributed by atoms with Gasteiger partial charge in [-0.1, -0.05) is 11.6 Å². The van der Waals surface area contributed by atoms with Gasteiger partial charge in [-0.3, -0.25) is 0 Å². The quantitative estimate of drug-likeness (QED) is 0.839. The van der Waals surface area contributed by atoms with Crippen LogP contribution in [0.5, 0.6) is 5.75 Å². The normalized spacial score (nSPS) is 11.5. The molecule has 0 heterocycles. The lowest BCUT2D eigenvalue weighted by atomic mass is 10.2. The van der Waals surface area contributed by atoms with E-state index in [1.54, 1.807) is 6.07 Å². The Morgan fingerprint density at radius 2 is 2.12 bits per heavy atom. The summed E-state index contributed by atoms with van der Waals surface area (Å²) in [4.78, 5) is -0.00884. The Morgan fingerprint density at radius 1 is 1.50 bits per heavy atom. The summed E-state index contributed by atoms with van der Waals surface area (Å²) < 4.78 is 30.7. The zero-order valence-corrected chi connectivity index (χ0v) is 10.5. The molecule has 0 unspecified atom stereocenters. The highest BCUT2D eigenvalue weighted by molar-refractivity contribution is 7.89. The Balaban J connectivity index is 3.55. The minimum absolute atomic E-state index is 0.00884. The van der Waals surface area contributed by atoms with Gasteiger partial charge in [0.1, 0.15) is 10.6 Å². The molecule has 3 N–H and O–H groups in total. The number of hydrogen-bond acceptors (Lipinski definition) is 4. The number of nitrogens with two attached hydrogens (primary N) is 1. The number of rotatable bonds is 4. The molecule has 0 aliphatic rings. The van der Waals surface area contributed by atoms with Crippen LogP contribution in [0.3, 0.4) is 0 Å². The van der Waals surface area contributed by atoms with E-state index < -0.39 is 10.0 Å². The zero-order chi connectivity index (χ0) is 12.3. The summed E-state index contributed by atoms with van der Waals surface area (Å²) in [5.41, 5.74) is 6.04. The Bertz CT molecular complexity index is 488. The van der Waals surface area contributed by atoms with Crippen LogP contribution in [0, 0.1) is 0 Å². The molecule has 16 heavy (non-hydrogen) atoms. The third kappa shape index (κ3) is 2.46. The zero-order valence-electron chi connectivity index (χ0n) is 8.95. The van der Waals surface area contributed by atoms with Crippen molar-refractivity contribution in [2.45, 2.75) is 11.4 Å². The Morgan fingerprint density at radius 3 is 2.56 bits per heavy atom. The predicted octanol–water partition coefficient (Wildman–Crippen LogP) is 0.715. The lowest BCUT2D eigenvalue weighted by molar-refractivity contribution is 0.397. The summed E-state index contributed by atoms with van der Waals surface area (Å²) in [6.45, 7) is 0.149. The molecule has 0 radical (unpaired) electrons. The van der Waals surface area contributed by atoms with Crippen LogP contribution in [0.1, 0.15) is 5.56 Å². The number of nitrogens with one attached hydrogen (secondary N) is 1. The van der Waals surface area contributed by atoms with Gasteiger partial charge in [0.25, 0.3) is 0 Å². The second-order valence-corrected chi connectivity index (χ2v) is 5.30. The second-order valence-electron chi connectivity index (χ2n) is 3.01. The van der Waals surface area contributed by atoms with Gasteiger partial charge in [0.05, 0.1) is 7.11 Å². The van der Waals surface area contributed by atoms with Crippen molar-refractivity contribution in [2.24, 2.45) is 5.73 Å². The lowest BCUT2D eigenvalue weighted by Gasteiger charge is -2.13. The fourth-order valence-corrected chi connectivity index (χ4v) is 2.58. The van der Waals surface area contributed by atoms with Crippen molar-refractivity contribution in [3.05, 3.63) is 22.7 Å². The Hall–Kier alpha value is -0.820. The van der Waals surface area contributed by atoms with Gasteiger partial charge in [0.2, 0.25) is 10.0 Å². The highest BCUT2D eigenvalue weighted by Gasteiger charge is 2.20. The van der Waals surface area contributed by atoms with Gasteiger partial charge in [0.15, 0.2) is 0 Å². The fourth-order valence-electron chi connectivity index (χ4n) is 1.32. The van der Waals surface area contributed by atoms with Crippen LogP contribution < -0.4 is 15.2 Å². The van der Waals surface area contributed by atoms with E-state index in [1.807, 2.05) is 0 Å². The summed E-state index contributed by atoms with van der Waals surface area (Å²) >= 11 is 5.82. The highest BCUT2D eigenvalue weighted by Crippen LogP contribution is 2.31. The van der Waals surface area contributed by atoms with Crippen molar-refractivity contribution < 1.29 is 13.2 Å². The van der Waals surface area contributed by atoms with Crippen molar-refractivity contribution in [1.29, 1.82) is 0 Å². The molecule has 0 atom stereocenters. The molecule has 0 aliphatic carbocycles. The van der Waals surface area contributed by atoms with E-state index in [0.717, 1.165) is 0 Å². The lowest BCUT2D eigenvalue weighted by Crippen LogP contribution is -2.20. The molecule has 0 aliphatic heterocycles. The molecule has 7 heteroatoms. The van der Waals surface area contributed by atoms with Gasteiger partial charge in [-0.05, 0) is 19.2 Å². The molecule has 90 valence electrons. The average molecular weight is 265 g/mol. The molecule has 1 aromatic rings. The predicted molar refractivity (Wildman–Crippen MR) is 62.1 cm³/mol. The van der Waals surface area contributed by atoms with E-state index in [2.05, 4.69) is 4.72 Å². The van der Waals surface area contributed by atoms with Crippen LogP contribution in [0.4, 0.5) is 0 Å². The molecule has 0 amide bonds. The molecule has 0 saturated heterocycles. The molecule has 0 aromatic heterocycles. The van der Waals surface area contributed by atoms with E-state index in [4.69, 9.17) is 22.1 Å². The van der Waals surface area contributed by atoms with Gasteiger partial charge in [0, 0.05) is 17.1 Å². The van der Waals surface area contributed by atoms with Gasteiger partial charge >= 0.3 is 0 Å². The highest BCUT2D eigenvalue weighted by atomic mass is 35.5. The van der Waals surface area contributed by atoms with Gasteiger partial charge in [-0.25, -0.2) is 13.1 Å². The summed E-state index contributed by atoms with van der Waals surface area (Å²) in [6.07, 6.45) is 0. The maximum absolute atomic E-state index is 11.7. The summed E-state index contributed by atoms with van der Waals surface area (Å²) in [6, 6.07) is 2.90. The number of hydrogen-bond donors (Lipinski definition) is 2. The van der Waals surface area contributed by atoms with E-state index in [9.17, 15) is 8.42 Å². The smallest absolute Gasteiger partial charge is 0.244 e. The van der Waals surface area contributed by atoms with Crippen molar-refractivity contribution in [3.63, 3.8) is 0 Å². The van der Waals surface area contributed by atoms with Gasteiger partial charge < -0.3 is 10.5 Å². The molecule has 0 bridgehead atoms. The standard InChI is InChI=1S/C9H13ClN2O3S/c1-12-16(13,14)8-4-7(10)3-6(5-11)9(8)15-2/h3-4,12H,5,11H2,1-2H3. The Labute approximate surface area is 99.6 Å². The molecular formula is C9H13ClN2O3S. The van der Waals surface area contributed by atoms with Crippen LogP contribution in [0.25, 0.3) is 0 Å². The SMILES string of the molecule is CNS(=O)(=O)c1cc(Cl)cc(CN)c1OC. The fraction of sp³-hybridized carbons (Fsp3) is 0.333. The van der Waals surface area contributed by atoms with Gasteiger partial charge in [-0.15, -0.1) is 0 Å². The molecular weight excluding hydrogens is 252 g/mol. The van der Waals surface area contributed by atoms with Crippen LogP contribution in [0.15, 0.2) is 17.0 Å². The molecule has 0 spiro atoms. The van der Waals surface area contributed by atoms with E-state index in [1.165, 1.54) is 20.2 Å². The number of methoxy groups -OCH3 is 1. The van der Waals surface area contributed by atoms with Crippen molar-refractivity contribution in [2.75, 3.05) is 14.2 Å². The topological polar surface area (TPSA) is 81.4 Å². The van der Waals surface area contributed by atoms with Crippen LogP contribution in [-0.4, -0.2) is 22.6 Å². The van der Waals surface area contributed by atoms with Crippen molar-refractivity contribution >= 4 is 21.6 Å². The number of halogens is 1. The van der Waals surface area contributed by atoms with E-state index >= 15 is 0 Å². The summed E-state index contributed by atoms with van der Waals surface area (Å²) in [5.74, 6) is 0.223. The average Bonchev–Trinajstić information content (AvgIpc) is 2.27. The third-order valence-electron chi connectivity index (χ3n) is 2.08. The monoisotopic (exact) mass is 264 g/mol. The first-order valence-electron chi connectivity index (χ1n) is 4.46. The third-order valence-corrected chi connectivity index (χ3v) is 3.72. The first-order chi connectivity index (χ1) is 7.46. The second kappa shape index (κ2) is 5.01. The maximum atomic E-state index is 11.7. The van der Waals surface area contributed by atoms with Crippen molar-refractivity contribution in [1.82, 2.24) is 4.72 Å². The van der Waals surface area contributed by atoms with Crippen LogP contribution >= 0.6 is 11.6 Å². The van der Waals surface area contributed by atoms with E-state index in [0.29, 0.717) is 10.6 Å². The number of ether oxygens (including phenoxy) is 1. The van der Waals surface area contributed by atoms with E-state index in [-0.39, 0.29) is 17.2 Å². The van der Waals surface area contributed by atoms with Crippen molar-refractivity contribution in [3.8, 4) is 5.75 Å².